The molecule has 0 radical (unpaired) electrons. The molecule has 1 aromatic rings. The Bertz CT molecular complexity index is 412. The quantitative estimate of drug-likeness (QED) is 0.791. The Morgan fingerprint density at radius 1 is 1.28 bits per heavy atom. The molecule has 1 aromatic carbocycles. The maximum Gasteiger partial charge on any atom is 0.313 e. The number of esters is 1. The van der Waals surface area contributed by atoms with Gasteiger partial charge in [0, 0.05) is 11.6 Å². The van der Waals surface area contributed by atoms with Crippen LogP contribution >= 0.6 is 0 Å². The van der Waals surface area contributed by atoms with Crippen molar-refractivity contribution in [2.24, 2.45) is 5.92 Å². The van der Waals surface area contributed by atoms with E-state index in [2.05, 4.69) is 13.8 Å². The van der Waals surface area contributed by atoms with Gasteiger partial charge in [0.1, 0.15) is 11.5 Å². The molecule has 18 heavy (non-hydrogen) atoms. The standard InChI is InChI=1S/C14H20O4/c1-9(2)4-6-12(14(17)18-3)11-7-5-10(15)8-13(11)16/h5,7-9,12,15-16H,4,6H2,1-3H3. The van der Waals surface area contributed by atoms with Gasteiger partial charge in [-0.2, -0.15) is 0 Å². The summed E-state index contributed by atoms with van der Waals surface area (Å²) in [5, 5.41) is 19.1. The number of ether oxygens (including phenoxy) is 1. The van der Waals surface area contributed by atoms with Crippen LogP contribution in [-0.2, 0) is 9.53 Å². The van der Waals surface area contributed by atoms with Crippen molar-refractivity contribution in [2.75, 3.05) is 7.11 Å². The zero-order valence-electron chi connectivity index (χ0n) is 11.0. The van der Waals surface area contributed by atoms with Gasteiger partial charge in [-0.15, -0.1) is 0 Å². The number of phenolic OH excluding ortho intramolecular Hbond substituents is 2. The van der Waals surface area contributed by atoms with Crippen molar-refractivity contribution in [3.05, 3.63) is 23.8 Å². The van der Waals surface area contributed by atoms with E-state index < -0.39 is 5.92 Å². The number of phenols is 2. The molecule has 2 N–H and O–H groups in total. The molecule has 1 unspecified atom stereocenters. The Hall–Kier alpha value is -1.71. The average molecular weight is 252 g/mol. The third-order valence-corrected chi connectivity index (χ3v) is 2.91. The zero-order chi connectivity index (χ0) is 13.7. The highest BCUT2D eigenvalue weighted by molar-refractivity contribution is 5.79. The second-order valence-electron chi connectivity index (χ2n) is 4.79. The zero-order valence-corrected chi connectivity index (χ0v) is 11.0. The lowest BCUT2D eigenvalue weighted by Gasteiger charge is -2.17. The fraction of sp³-hybridized carbons (Fsp3) is 0.500. The highest BCUT2D eigenvalue weighted by Gasteiger charge is 2.24. The fourth-order valence-electron chi connectivity index (χ4n) is 1.87. The lowest BCUT2D eigenvalue weighted by Crippen LogP contribution is -2.15. The number of aromatic hydroxyl groups is 2. The first-order valence-corrected chi connectivity index (χ1v) is 6.05. The summed E-state index contributed by atoms with van der Waals surface area (Å²) in [6.07, 6.45) is 1.47. The molecule has 0 saturated carbocycles. The van der Waals surface area contributed by atoms with Gasteiger partial charge in [0.05, 0.1) is 13.0 Å². The Kier molecular flexibility index (Phi) is 5.01. The summed E-state index contributed by atoms with van der Waals surface area (Å²) in [6, 6.07) is 4.26. The number of rotatable bonds is 5. The summed E-state index contributed by atoms with van der Waals surface area (Å²) in [6.45, 7) is 4.15. The number of benzene rings is 1. The molecular weight excluding hydrogens is 232 g/mol. The highest BCUT2D eigenvalue weighted by Crippen LogP contribution is 2.33. The normalized spacial score (nSPS) is 12.4. The SMILES string of the molecule is COC(=O)C(CCC(C)C)c1ccc(O)cc1O. The van der Waals surface area contributed by atoms with E-state index in [1.807, 2.05) is 0 Å². The van der Waals surface area contributed by atoms with Gasteiger partial charge in [-0.3, -0.25) is 4.79 Å². The molecular formula is C14H20O4. The van der Waals surface area contributed by atoms with Gasteiger partial charge in [-0.1, -0.05) is 19.9 Å². The van der Waals surface area contributed by atoms with Crippen LogP contribution in [-0.4, -0.2) is 23.3 Å². The predicted molar refractivity (Wildman–Crippen MR) is 68.6 cm³/mol. The molecule has 4 nitrogen and oxygen atoms in total. The van der Waals surface area contributed by atoms with Crippen LogP contribution in [0, 0.1) is 5.92 Å². The molecule has 0 aliphatic heterocycles. The van der Waals surface area contributed by atoms with Crippen LogP contribution in [0.15, 0.2) is 18.2 Å². The van der Waals surface area contributed by atoms with Gasteiger partial charge < -0.3 is 14.9 Å². The van der Waals surface area contributed by atoms with E-state index in [1.165, 1.54) is 19.2 Å². The lowest BCUT2D eigenvalue weighted by atomic mass is 9.90. The number of methoxy groups -OCH3 is 1. The van der Waals surface area contributed by atoms with Gasteiger partial charge in [0.25, 0.3) is 0 Å². The van der Waals surface area contributed by atoms with E-state index in [1.54, 1.807) is 6.07 Å². The smallest absolute Gasteiger partial charge is 0.313 e. The van der Waals surface area contributed by atoms with Gasteiger partial charge in [-0.25, -0.2) is 0 Å². The maximum absolute atomic E-state index is 11.8. The van der Waals surface area contributed by atoms with Crippen molar-refractivity contribution in [3.63, 3.8) is 0 Å². The van der Waals surface area contributed by atoms with E-state index in [-0.39, 0.29) is 17.5 Å². The van der Waals surface area contributed by atoms with E-state index in [0.717, 1.165) is 6.42 Å². The van der Waals surface area contributed by atoms with Crippen molar-refractivity contribution in [3.8, 4) is 11.5 Å². The monoisotopic (exact) mass is 252 g/mol. The summed E-state index contributed by atoms with van der Waals surface area (Å²) in [5.41, 5.74) is 0.500. The molecule has 0 spiro atoms. The second kappa shape index (κ2) is 6.28. The largest absolute Gasteiger partial charge is 0.508 e. The van der Waals surface area contributed by atoms with Crippen molar-refractivity contribution in [1.29, 1.82) is 0 Å². The molecule has 0 aromatic heterocycles. The number of hydrogen-bond donors (Lipinski definition) is 2. The molecule has 4 heteroatoms. The van der Waals surface area contributed by atoms with Crippen LogP contribution in [0.3, 0.4) is 0 Å². The van der Waals surface area contributed by atoms with Gasteiger partial charge in [0.15, 0.2) is 0 Å². The molecule has 0 amide bonds. The van der Waals surface area contributed by atoms with Crippen LogP contribution < -0.4 is 0 Å². The van der Waals surface area contributed by atoms with Crippen LogP contribution in [0.5, 0.6) is 11.5 Å². The van der Waals surface area contributed by atoms with Crippen LogP contribution in [0.4, 0.5) is 0 Å². The first kappa shape index (κ1) is 14.4. The molecule has 0 aliphatic rings. The Morgan fingerprint density at radius 3 is 2.44 bits per heavy atom. The van der Waals surface area contributed by atoms with E-state index in [9.17, 15) is 15.0 Å². The Labute approximate surface area is 107 Å². The van der Waals surface area contributed by atoms with Crippen LogP contribution in [0.2, 0.25) is 0 Å². The molecule has 0 bridgehead atoms. The van der Waals surface area contributed by atoms with Crippen molar-refractivity contribution < 1.29 is 19.7 Å². The molecule has 0 fully saturated rings. The van der Waals surface area contributed by atoms with Crippen LogP contribution in [0.1, 0.15) is 38.2 Å². The van der Waals surface area contributed by atoms with E-state index in [0.29, 0.717) is 17.9 Å². The average Bonchev–Trinajstić information content (AvgIpc) is 2.30. The third-order valence-electron chi connectivity index (χ3n) is 2.91. The topological polar surface area (TPSA) is 66.8 Å². The minimum absolute atomic E-state index is 0.0243. The molecule has 0 aliphatic carbocycles. The summed E-state index contributed by atoms with van der Waals surface area (Å²) in [4.78, 5) is 11.8. The summed E-state index contributed by atoms with van der Waals surface area (Å²) < 4.78 is 4.77. The second-order valence-corrected chi connectivity index (χ2v) is 4.79. The third kappa shape index (κ3) is 3.65. The van der Waals surface area contributed by atoms with Crippen molar-refractivity contribution in [2.45, 2.75) is 32.6 Å². The number of hydrogen-bond acceptors (Lipinski definition) is 4. The first-order valence-electron chi connectivity index (χ1n) is 6.05. The predicted octanol–water partition coefficient (Wildman–Crippen LogP) is 2.79. The van der Waals surface area contributed by atoms with Crippen LogP contribution in [0.25, 0.3) is 0 Å². The molecule has 0 heterocycles. The lowest BCUT2D eigenvalue weighted by molar-refractivity contribution is -0.142. The maximum atomic E-state index is 11.8. The highest BCUT2D eigenvalue weighted by atomic mass is 16.5. The molecule has 1 atom stereocenters. The Morgan fingerprint density at radius 2 is 1.94 bits per heavy atom. The molecule has 0 saturated heterocycles. The van der Waals surface area contributed by atoms with E-state index in [4.69, 9.17) is 4.74 Å². The first-order chi connectivity index (χ1) is 8.45. The number of carbonyl (C=O) groups excluding carboxylic acids is 1. The molecule has 1 rings (SSSR count). The minimum atomic E-state index is -0.488. The van der Waals surface area contributed by atoms with Crippen molar-refractivity contribution >= 4 is 5.97 Å². The van der Waals surface area contributed by atoms with Crippen molar-refractivity contribution in [1.82, 2.24) is 0 Å². The summed E-state index contributed by atoms with van der Waals surface area (Å²) in [7, 11) is 1.34. The summed E-state index contributed by atoms with van der Waals surface area (Å²) >= 11 is 0. The van der Waals surface area contributed by atoms with E-state index >= 15 is 0 Å². The van der Waals surface area contributed by atoms with Gasteiger partial charge >= 0.3 is 5.97 Å². The number of carbonyl (C=O) groups is 1. The van der Waals surface area contributed by atoms with Gasteiger partial charge in [0.2, 0.25) is 0 Å². The van der Waals surface area contributed by atoms with Gasteiger partial charge in [-0.05, 0) is 24.8 Å². The fourth-order valence-corrected chi connectivity index (χ4v) is 1.87. The minimum Gasteiger partial charge on any atom is -0.508 e. The Balaban J connectivity index is 2.97. The molecule has 100 valence electrons. The summed E-state index contributed by atoms with van der Waals surface area (Å²) in [5.74, 6) is -0.482.